The van der Waals surface area contributed by atoms with E-state index >= 15 is 4.39 Å². The van der Waals surface area contributed by atoms with Gasteiger partial charge in [-0.1, -0.05) is 95.2 Å². The number of rotatable bonds is 14. The standard InChI is InChI=1S/C35H43F3O2/c1-3-5-7-8-9-11-29-18-16-28(24-40-29)27-17-19-30(32(36)23-27)25-12-14-26(15-13-25)31-20-21-33(35(38)34(31)37)39-22-10-6-4-2/h12-15,17,19-21,23,28-29H,3-11,16,18,22,24H2,1-2H3. The van der Waals surface area contributed by atoms with Gasteiger partial charge in [-0.05, 0) is 60.6 Å². The molecule has 0 saturated carbocycles. The van der Waals surface area contributed by atoms with Crippen LogP contribution in [-0.2, 0) is 4.74 Å². The molecule has 3 aromatic carbocycles. The second kappa shape index (κ2) is 15.3. The zero-order valence-corrected chi connectivity index (χ0v) is 24.0. The fourth-order valence-electron chi connectivity index (χ4n) is 5.52. The number of hydrogen-bond acceptors (Lipinski definition) is 2. The van der Waals surface area contributed by atoms with Gasteiger partial charge in [0.2, 0.25) is 5.82 Å². The van der Waals surface area contributed by atoms with Crippen molar-refractivity contribution >= 4 is 0 Å². The van der Waals surface area contributed by atoms with Crippen LogP contribution >= 0.6 is 0 Å². The quantitative estimate of drug-likeness (QED) is 0.185. The SMILES string of the molecule is CCCCCCCC1CCC(c2ccc(-c3ccc(-c4ccc(OCCCCC)c(F)c4F)cc3)c(F)c2)CO1. The molecular weight excluding hydrogens is 509 g/mol. The third-order valence-electron chi connectivity index (χ3n) is 8.02. The van der Waals surface area contributed by atoms with E-state index in [-0.39, 0.29) is 23.0 Å². The van der Waals surface area contributed by atoms with Crippen LogP contribution in [-0.4, -0.2) is 19.3 Å². The fourth-order valence-corrected chi connectivity index (χ4v) is 5.52. The van der Waals surface area contributed by atoms with Crippen LogP contribution in [0.25, 0.3) is 22.3 Å². The molecule has 0 amide bonds. The lowest BCUT2D eigenvalue weighted by atomic mass is 9.89. The molecule has 2 nitrogen and oxygen atoms in total. The highest BCUT2D eigenvalue weighted by atomic mass is 19.2. The van der Waals surface area contributed by atoms with Crippen LogP contribution in [0.3, 0.4) is 0 Å². The summed E-state index contributed by atoms with van der Waals surface area (Å²) in [4.78, 5) is 0. The van der Waals surface area contributed by atoms with E-state index in [9.17, 15) is 8.78 Å². The van der Waals surface area contributed by atoms with Gasteiger partial charge in [-0.15, -0.1) is 0 Å². The number of ether oxygens (including phenoxy) is 2. The summed E-state index contributed by atoms with van der Waals surface area (Å²) in [6.07, 6.45) is 12.6. The summed E-state index contributed by atoms with van der Waals surface area (Å²) in [5.74, 6) is -2.07. The Morgan fingerprint density at radius 2 is 1.40 bits per heavy atom. The molecular formula is C35H43F3O2. The molecule has 1 heterocycles. The molecule has 40 heavy (non-hydrogen) atoms. The van der Waals surface area contributed by atoms with E-state index in [0.29, 0.717) is 36.0 Å². The minimum atomic E-state index is -0.982. The summed E-state index contributed by atoms with van der Waals surface area (Å²) in [7, 11) is 0. The largest absolute Gasteiger partial charge is 0.490 e. The summed E-state index contributed by atoms with van der Waals surface area (Å²) in [5, 5.41) is 0. The van der Waals surface area contributed by atoms with E-state index < -0.39 is 11.6 Å². The Morgan fingerprint density at radius 3 is 2.08 bits per heavy atom. The zero-order chi connectivity index (χ0) is 28.3. The van der Waals surface area contributed by atoms with Gasteiger partial charge in [-0.25, -0.2) is 8.78 Å². The molecule has 1 aliphatic heterocycles. The molecule has 0 radical (unpaired) electrons. The maximum absolute atomic E-state index is 15.2. The lowest BCUT2D eigenvalue weighted by Crippen LogP contribution is -2.24. The predicted octanol–water partition coefficient (Wildman–Crippen LogP) is 10.6. The van der Waals surface area contributed by atoms with Crippen LogP contribution in [0.1, 0.15) is 96.0 Å². The first-order valence-corrected chi connectivity index (χ1v) is 15.1. The van der Waals surface area contributed by atoms with Gasteiger partial charge in [0.15, 0.2) is 11.6 Å². The number of hydrogen-bond donors (Lipinski definition) is 0. The molecule has 2 unspecified atom stereocenters. The third-order valence-corrected chi connectivity index (χ3v) is 8.02. The summed E-state index contributed by atoms with van der Waals surface area (Å²) < 4.78 is 56.2. The van der Waals surface area contributed by atoms with Crippen molar-refractivity contribution in [2.24, 2.45) is 0 Å². The Labute approximate surface area is 237 Å². The zero-order valence-electron chi connectivity index (χ0n) is 24.0. The Kier molecular flexibility index (Phi) is 11.5. The van der Waals surface area contributed by atoms with E-state index in [1.807, 2.05) is 12.1 Å². The van der Waals surface area contributed by atoms with Crippen molar-refractivity contribution in [3.63, 3.8) is 0 Å². The first-order valence-electron chi connectivity index (χ1n) is 15.1. The summed E-state index contributed by atoms with van der Waals surface area (Å²) in [5.41, 5.74) is 2.81. The number of halogens is 3. The molecule has 3 aromatic rings. The van der Waals surface area contributed by atoms with Crippen molar-refractivity contribution in [3.05, 3.63) is 77.6 Å². The third kappa shape index (κ3) is 7.90. The molecule has 216 valence electrons. The van der Waals surface area contributed by atoms with Gasteiger partial charge in [0.1, 0.15) is 5.82 Å². The highest BCUT2D eigenvalue weighted by Crippen LogP contribution is 2.35. The Bertz CT molecular complexity index is 1200. The van der Waals surface area contributed by atoms with Gasteiger partial charge in [0, 0.05) is 17.0 Å². The van der Waals surface area contributed by atoms with Crippen LogP contribution in [0.4, 0.5) is 13.2 Å². The molecule has 0 bridgehead atoms. The van der Waals surface area contributed by atoms with Gasteiger partial charge >= 0.3 is 0 Å². The number of benzene rings is 3. The molecule has 1 aliphatic rings. The first kappa shape index (κ1) is 30.2. The molecule has 0 N–H and O–H groups in total. The fraction of sp³-hybridized carbons (Fsp3) is 0.486. The molecule has 1 fully saturated rings. The van der Waals surface area contributed by atoms with E-state index in [1.54, 1.807) is 30.3 Å². The summed E-state index contributed by atoms with van der Waals surface area (Å²) >= 11 is 0. The van der Waals surface area contributed by atoms with E-state index in [1.165, 1.54) is 44.2 Å². The van der Waals surface area contributed by atoms with Crippen molar-refractivity contribution in [3.8, 4) is 28.0 Å². The van der Waals surface area contributed by atoms with Gasteiger partial charge in [-0.2, -0.15) is 4.39 Å². The molecule has 1 saturated heterocycles. The normalized spacial score (nSPS) is 17.2. The first-order chi connectivity index (χ1) is 19.5. The van der Waals surface area contributed by atoms with Crippen molar-refractivity contribution in [2.45, 2.75) is 96.5 Å². The van der Waals surface area contributed by atoms with Crippen LogP contribution in [0.2, 0.25) is 0 Å². The lowest BCUT2D eigenvalue weighted by molar-refractivity contribution is -0.00217. The Morgan fingerprint density at radius 1 is 0.725 bits per heavy atom. The van der Waals surface area contributed by atoms with Crippen molar-refractivity contribution in [1.29, 1.82) is 0 Å². The van der Waals surface area contributed by atoms with Gasteiger partial charge in [0.25, 0.3) is 0 Å². The molecule has 5 heteroatoms. The lowest BCUT2D eigenvalue weighted by Gasteiger charge is -2.29. The monoisotopic (exact) mass is 552 g/mol. The van der Waals surface area contributed by atoms with E-state index in [4.69, 9.17) is 9.47 Å². The second-order valence-corrected chi connectivity index (χ2v) is 11.0. The molecule has 0 aromatic heterocycles. The average Bonchev–Trinajstić information content (AvgIpc) is 2.98. The van der Waals surface area contributed by atoms with Crippen LogP contribution in [0, 0.1) is 17.5 Å². The second-order valence-electron chi connectivity index (χ2n) is 11.0. The average molecular weight is 553 g/mol. The van der Waals surface area contributed by atoms with Crippen molar-refractivity contribution in [2.75, 3.05) is 13.2 Å². The number of unbranched alkanes of at least 4 members (excludes halogenated alkanes) is 6. The maximum atomic E-state index is 15.2. The minimum absolute atomic E-state index is 0.0718. The van der Waals surface area contributed by atoms with Crippen LogP contribution in [0.5, 0.6) is 5.75 Å². The van der Waals surface area contributed by atoms with E-state index in [0.717, 1.165) is 44.1 Å². The van der Waals surface area contributed by atoms with Crippen molar-refractivity contribution < 1.29 is 22.6 Å². The van der Waals surface area contributed by atoms with Crippen molar-refractivity contribution in [1.82, 2.24) is 0 Å². The highest BCUT2D eigenvalue weighted by Gasteiger charge is 2.23. The molecule has 0 aliphatic carbocycles. The molecule has 2 atom stereocenters. The summed E-state index contributed by atoms with van der Waals surface area (Å²) in [6, 6.07) is 15.3. The van der Waals surface area contributed by atoms with Crippen LogP contribution < -0.4 is 4.74 Å². The Hall–Kier alpha value is -2.79. The van der Waals surface area contributed by atoms with Crippen LogP contribution in [0.15, 0.2) is 54.6 Å². The highest BCUT2D eigenvalue weighted by molar-refractivity contribution is 5.71. The van der Waals surface area contributed by atoms with Gasteiger partial charge in [-0.3, -0.25) is 0 Å². The van der Waals surface area contributed by atoms with E-state index in [2.05, 4.69) is 13.8 Å². The molecule has 0 spiro atoms. The van der Waals surface area contributed by atoms with Gasteiger partial charge < -0.3 is 9.47 Å². The topological polar surface area (TPSA) is 18.5 Å². The minimum Gasteiger partial charge on any atom is -0.490 e. The Balaban J connectivity index is 1.36. The smallest absolute Gasteiger partial charge is 0.201 e. The molecule has 4 rings (SSSR count). The maximum Gasteiger partial charge on any atom is 0.201 e. The predicted molar refractivity (Wildman–Crippen MR) is 157 cm³/mol. The van der Waals surface area contributed by atoms with Gasteiger partial charge in [0.05, 0.1) is 19.3 Å². The summed E-state index contributed by atoms with van der Waals surface area (Å²) in [6.45, 7) is 5.30.